The van der Waals surface area contributed by atoms with Crippen molar-refractivity contribution < 1.29 is 14.3 Å². The highest BCUT2D eigenvalue weighted by Crippen LogP contribution is 2.27. The van der Waals surface area contributed by atoms with E-state index in [1.807, 2.05) is 23.1 Å². The van der Waals surface area contributed by atoms with Crippen LogP contribution in [-0.4, -0.2) is 50.7 Å². The van der Waals surface area contributed by atoms with Gasteiger partial charge in [0.05, 0.1) is 20.6 Å². The molecule has 1 heterocycles. The van der Waals surface area contributed by atoms with Gasteiger partial charge in [-0.3, -0.25) is 4.79 Å². The van der Waals surface area contributed by atoms with E-state index < -0.39 is 0 Å². The third-order valence-electron chi connectivity index (χ3n) is 4.17. The third-order valence-corrected chi connectivity index (χ3v) is 4.17. The number of piperazine rings is 1. The summed E-state index contributed by atoms with van der Waals surface area (Å²) < 4.78 is 10.5. The Morgan fingerprint density at radius 3 is 2.70 bits per heavy atom. The lowest BCUT2D eigenvalue weighted by Gasteiger charge is -2.34. The van der Waals surface area contributed by atoms with Gasteiger partial charge in [-0.25, -0.2) is 0 Å². The second-order valence-electron chi connectivity index (χ2n) is 6.49. The molecule has 1 atom stereocenters. The zero-order valence-corrected chi connectivity index (χ0v) is 14.6. The first-order valence-electron chi connectivity index (χ1n) is 8.25. The molecule has 1 aliphatic heterocycles. The number of ether oxygens (including phenoxy) is 2. The topological polar surface area (TPSA) is 50.8 Å². The van der Waals surface area contributed by atoms with Crippen LogP contribution in [0.4, 0.5) is 0 Å². The molecule has 128 valence electrons. The van der Waals surface area contributed by atoms with Crippen LogP contribution < -0.4 is 14.8 Å². The van der Waals surface area contributed by atoms with E-state index in [2.05, 4.69) is 19.2 Å². The van der Waals surface area contributed by atoms with Crippen molar-refractivity contribution in [1.82, 2.24) is 10.2 Å². The average Bonchev–Trinajstić information content (AvgIpc) is 2.54. The molecule has 0 radical (unpaired) electrons. The van der Waals surface area contributed by atoms with Crippen molar-refractivity contribution in [2.45, 2.75) is 32.7 Å². The molecular weight excluding hydrogens is 292 g/mol. The predicted octanol–water partition coefficient (Wildman–Crippen LogP) is 2.09. The molecular formula is C18H28N2O3. The maximum atomic E-state index is 12.6. The van der Waals surface area contributed by atoms with Gasteiger partial charge in [0.1, 0.15) is 0 Å². The molecule has 2 rings (SSSR count). The highest BCUT2D eigenvalue weighted by molar-refractivity contribution is 5.79. The van der Waals surface area contributed by atoms with Gasteiger partial charge in [-0.1, -0.05) is 19.9 Å². The number of nitrogens with zero attached hydrogens (tertiary/aromatic N) is 1. The van der Waals surface area contributed by atoms with E-state index in [4.69, 9.17) is 9.47 Å². The minimum atomic E-state index is 0.174. The van der Waals surface area contributed by atoms with Crippen molar-refractivity contribution in [3.05, 3.63) is 23.8 Å². The lowest BCUT2D eigenvalue weighted by atomic mass is 10.0. The molecule has 1 saturated heterocycles. The molecule has 0 unspecified atom stereocenters. The quantitative estimate of drug-likeness (QED) is 0.872. The molecule has 0 saturated carbocycles. The van der Waals surface area contributed by atoms with E-state index in [1.54, 1.807) is 14.2 Å². The second-order valence-corrected chi connectivity index (χ2v) is 6.49. The van der Waals surface area contributed by atoms with Crippen LogP contribution in [0.25, 0.3) is 0 Å². The number of amides is 1. The summed E-state index contributed by atoms with van der Waals surface area (Å²) in [6, 6.07) is 6.05. The van der Waals surface area contributed by atoms with E-state index in [0.717, 1.165) is 31.6 Å². The molecule has 1 amide bonds. The van der Waals surface area contributed by atoms with Crippen molar-refractivity contribution >= 4 is 5.91 Å². The molecule has 0 aromatic heterocycles. The summed E-state index contributed by atoms with van der Waals surface area (Å²) in [5, 5.41) is 3.50. The van der Waals surface area contributed by atoms with E-state index in [9.17, 15) is 4.79 Å². The smallest absolute Gasteiger partial charge is 0.227 e. The summed E-state index contributed by atoms with van der Waals surface area (Å²) in [6.07, 6.45) is 1.49. The van der Waals surface area contributed by atoms with Crippen LogP contribution in [0.15, 0.2) is 18.2 Å². The molecule has 0 bridgehead atoms. The SMILES string of the molecule is COc1ccc(CC(=O)N2CCN[C@@H](CC(C)C)C2)cc1OC. The summed E-state index contributed by atoms with van der Waals surface area (Å²) in [4.78, 5) is 14.6. The summed E-state index contributed by atoms with van der Waals surface area (Å²) in [7, 11) is 3.22. The fraction of sp³-hybridized carbons (Fsp3) is 0.611. The summed E-state index contributed by atoms with van der Waals surface area (Å²) in [5.41, 5.74) is 0.951. The molecule has 1 aromatic carbocycles. The van der Waals surface area contributed by atoms with Gasteiger partial charge in [-0.15, -0.1) is 0 Å². The van der Waals surface area contributed by atoms with E-state index in [0.29, 0.717) is 29.9 Å². The number of carbonyl (C=O) groups is 1. The second kappa shape index (κ2) is 8.20. The molecule has 5 heteroatoms. The van der Waals surface area contributed by atoms with Gasteiger partial charge in [0.25, 0.3) is 0 Å². The fourth-order valence-electron chi connectivity index (χ4n) is 3.06. The normalized spacial score (nSPS) is 18.1. The third kappa shape index (κ3) is 4.86. The first kappa shape index (κ1) is 17.6. The Labute approximate surface area is 139 Å². The number of benzene rings is 1. The fourth-order valence-corrected chi connectivity index (χ4v) is 3.06. The first-order chi connectivity index (χ1) is 11.0. The van der Waals surface area contributed by atoms with Crippen molar-refractivity contribution in [2.24, 2.45) is 5.92 Å². The van der Waals surface area contributed by atoms with E-state index >= 15 is 0 Å². The monoisotopic (exact) mass is 320 g/mol. The maximum Gasteiger partial charge on any atom is 0.227 e. The van der Waals surface area contributed by atoms with Gasteiger partial charge < -0.3 is 19.7 Å². The number of hydrogen-bond donors (Lipinski definition) is 1. The minimum absolute atomic E-state index is 0.174. The standard InChI is InChI=1S/C18H28N2O3/c1-13(2)9-15-12-20(8-7-19-15)18(21)11-14-5-6-16(22-3)17(10-14)23-4/h5-6,10,13,15,19H,7-9,11-12H2,1-4H3/t15-/m0/s1. The lowest BCUT2D eigenvalue weighted by Crippen LogP contribution is -2.53. The number of methoxy groups -OCH3 is 2. The molecule has 23 heavy (non-hydrogen) atoms. The van der Waals surface area contributed by atoms with E-state index in [-0.39, 0.29) is 5.91 Å². The molecule has 1 fully saturated rings. The number of carbonyl (C=O) groups excluding carboxylic acids is 1. The highest BCUT2D eigenvalue weighted by Gasteiger charge is 2.23. The van der Waals surface area contributed by atoms with Crippen molar-refractivity contribution in [3.8, 4) is 11.5 Å². The van der Waals surface area contributed by atoms with Gasteiger partial charge in [-0.2, -0.15) is 0 Å². The van der Waals surface area contributed by atoms with Gasteiger partial charge in [0.2, 0.25) is 5.91 Å². The molecule has 5 nitrogen and oxygen atoms in total. The summed E-state index contributed by atoms with van der Waals surface area (Å²) in [6.45, 7) is 6.87. The van der Waals surface area contributed by atoms with Crippen LogP contribution in [-0.2, 0) is 11.2 Å². The van der Waals surface area contributed by atoms with Crippen LogP contribution in [0.3, 0.4) is 0 Å². The zero-order valence-electron chi connectivity index (χ0n) is 14.6. The van der Waals surface area contributed by atoms with Gasteiger partial charge in [-0.05, 0) is 30.0 Å². The lowest BCUT2D eigenvalue weighted by molar-refractivity contribution is -0.131. The Bertz CT molecular complexity index is 531. The maximum absolute atomic E-state index is 12.6. The largest absolute Gasteiger partial charge is 0.493 e. The number of rotatable bonds is 6. The summed E-state index contributed by atoms with van der Waals surface area (Å²) >= 11 is 0. The van der Waals surface area contributed by atoms with Crippen molar-refractivity contribution in [3.63, 3.8) is 0 Å². The number of nitrogens with one attached hydrogen (secondary N) is 1. The molecule has 1 aromatic rings. The summed E-state index contributed by atoms with van der Waals surface area (Å²) in [5.74, 6) is 2.15. The Kier molecular flexibility index (Phi) is 6.28. The average molecular weight is 320 g/mol. The minimum Gasteiger partial charge on any atom is -0.493 e. The van der Waals surface area contributed by atoms with E-state index in [1.165, 1.54) is 0 Å². The molecule has 1 N–H and O–H groups in total. The van der Waals surface area contributed by atoms with Gasteiger partial charge in [0.15, 0.2) is 11.5 Å². The predicted molar refractivity (Wildman–Crippen MR) is 91.1 cm³/mol. The van der Waals surface area contributed by atoms with Gasteiger partial charge in [0, 0.05) is 25.7 Å². The Balaban J connectivity index is 1.98. The Hall–Kier alpha value is -1.75. The van der Waals surface area contributed by atoms with Gasteiger partial charge >= 0.3 is 0 Å². The first-order valence-corrected chi connectivity index (χ1v) is 8.25. The van der Waals surface area contributed by atoms with Crippen LogP contribution >= 0.6 is 0 Å². The van der Waals surface area contributed by atoms with Crippen molar-refractivity contribution in [2.75, 3.05) is 33.9 Å². The number of hydrogen-bond acceptors (Lipinski definition) is 4. The highest BCUT2D eigenvalue weighted by atomic mass is 16.5. The van der Waals surface area contributed by atoms with Crippen molar-refractivity contribution in [1.29, 1.82) is 0 Å². The molecule has 1 aliphatic rings. The van der Waals surface area contributed by atoms with Crippen LogP contribution in [0.2, 0.25) is 0 Å². The zero-order chi connectivity index (χ0) is 16.8. The van der Waals surface area contributed by atoms with Crippen LogP contribution in [0.1, 0.15) is 25.8 Å². The van der Waals surface area contributed by atoms with Crippen LogP contribution in [0, 0.1) is 5.92 Å². The Morgan fingerprint density at radius 2 is 2.04 bits per heavy atom. The Morgan fingerprint density at radius 1 is 1.30 bits per heavy atom. The van der Waals surface area contributed by atoms with Crippen LogP contribution in [0.5, 0.6) is 11.5 Å². The molecule has 0 spiro atoms. The molecule has 0 aliphatic carbocycles.